The van der Waals surface area contributed by atoms with E-state index in [1.165, 1.54) is 31.5 Å². The topological polar surface area (TPSA) is 46.3 Å². The van der Waals surface area contributed by atoms with Gasteiger partial charge in [-0.25, -0.2) is 4.98 Å². The summed E-state index contributed by atoms with van der Waals surface area (Å²) in [6, 6.07) is 8.49. The van der Waals surface area contributed by atoms with E-state index in [-0.39, 0.29) is 0 Å². The van der Waals surface area contributed by atoms with Gasteiger partial charge >= 0.3 is 0 Å². The van der Waals surface area contributed by atoms with E-state index in [1.54, 1.807) is 11.8 Å². The second-order valence-electron chi connectivity index (χ2n) is 5.88. The highest BCUT2D eigenvalue weighted by molar-refractivity contribution is 7.99. The third-order valence-corrected chi connectivity index (χ3v) is 4.97. The van der Waals surface area contributed by atoms with Crippen LogP contribution in [0.4, 0.5) is 0 Å². The van der Waals surface area contributed by atoms with Crippen LogP contribution >= 0.6 is 11.8 Å². The Morgan fingerprint density at radius 3 is 2.70 bits per heavy atom. The molecule has 0 atom stereocenters. The maximum absolute atomic E-state index is 10.4. The van der Waals surface area contributed by atoms with Crippen molar-refractivity contribution in [2.24, 2.45) is 0 Å². The highest BCUT2D eigenvalue weighted by Gasteiger charge is 2.13. The number of rotatable bonds is 7. The van der Waals surface area contributed by atoms with Gasteiger partial charge in [0.2, 0.25) is 5.89 Å². The molecular formula is C18H22N2O2S. The summed E-state index contributed by atoms with van der Waals surface area (Å²) in [5.74, 6) is 2.70. The minimum Gasteiger partial charge on any atom is -0.441 e. The van der Waals surface area contributed by atoms with E-state index in [9.17, 15) is 4.79 Å². The first kappa shape index (κ1) is 16.3. The standard InChI is InChI=1S/C18H22N2O2S/c1-14-17(13-23-11-10-21)19-18(22-14)16-6-4-15(5-7-16)12-20-8-2-3-9-20/h4-7,10H,2-3,8-9,11-13H2,1H3. The Bertz CT molecular complexity index is 646. The van der Waals surface area contributed by atoms with Gasteiger partial charge in [-0.2, -0.15) is 0 Å². The van der Waals surface area contributed by atoms with Crippen molar-refractivity contribution in [2.75, 3.05) is 18.8 Å². The van der Waals surface area contributed by atoms with Crippen molar-refractivity contribution >= 4 is 18.0 Å². The number of aromatic nitrogens is 1. The molecule has 1 aliphatic heterocycles. The lowest BCUT2D eigenvalue weighted by molar-refractivity contribution is -0.105. The predicted octanol–water partition coefficient (Wildman–Crippen LogP) is 3.68. The third-order valence-electron chi connectivity index (χ3n) is 4.12. The van der Waals surface area contributed by atoms with E-state index in [0.29, 0.717) is 17.4 Å². The van der Waals surface area contributed by atoms with Gasteiger partial charge in [0.1, 0.15) is 12.0 Å². The van der Waals surface area contributed by atoms with E-state index >= 15 is 0 Å². The number of hydrogen-bond donors (Lipinski definition) is 0. The number of likely N-dealkylation sites (tertiary alicyclic amines) is 1. The molecule has 4 nitrogen and oxygen atoms in total. The van der Waals surface area contributed by atoms with Gasteiger partial charge in [0, 0.05) is 23.6 Å². The van der Waals surface area contributed by atoms with Gasteiger partial charge in [-0.1, -0.05) is 12.1 Å². The highest BCUT2D eigenvalue weighted by Crippen LogP contribution is 2.25. The van der Waals surface area contributed by atoms with E-state index in [4.69, 9.17) is 4.42 Å². The predicted molar refractivity (Wildman–Crippen MR) is 93.4 cm³/mol. The summed E-state index contributed by atoms with van der Waals surface area (Å²) in [4.78, 5) is 17.5. The number of nitrogens with zero attached hydrogens (tertiary/aromatic N) is 2. The molecule has 2 aromatic rings. The van der Waals surface area contributed by atoms with Crippen molar-refractivity contribution in [1.29, 1.82) is 0 Å². The largest absolute Gasteiger partial charge is 0.441 e. The summed E-state index contributed by atoms with van der Waals surface area (Å²) in [5.41, 5.74) is 3.26. The molecule has 0 N–H and O–H groups in total. The van der Waals surface area contributed by atoms with Crippen molar-refractivity contribution in [3.8, 4) is 11.5 Å². The smallest absolute Gasteiger partial charge is 0.226 e. The molecule has 5 heteroatoms. The van der Waals surface area contributed by atoms with Crippen LogP contribution in [0.3, 0.4) is 0 Å². The number of oxazole rings is 1. The van der Waals surface area contributed by atoms with Gasteiger partial charge < -0.3 is 9.21 Å². The summed E-state index contributed by atoms with van der Waals surface area (Å²) in [7, 11) is 0. The van der Waals surface area contributed by atoms with Crippen molar-refractivity contribution in [1.82, 2.24) is 9.88 Å². The zero-order valence-corrected chi connectivity index (χ0v) is 14.3. The van der Waals surface area contributed by atoms with E-state index < -0.39 is 0 Å². The van der Waals surface area contributed by atoms with Gasteiger partial charge in [-0.05, 0) is 50.6 Å². The van der Waals surface area contributed by atoms with Gasteiger partial charge in [0.15, 0.2) is 0 Å². The SMILES string of the molecule is Cc1oc(-c2ccc(CN3CCCC3)cc2)nc1CSCC=O. The molecule has 1 fully saturated rings. The average Bonchev–Trinajstić information content (AvgIpc) is 3.19. The first-order valence-electron chi connectivity index (χ1n) is 8.05. The van der Waals surface area contributed by atoms with Crippen LogP contribution in [0.1, 0.15) is 29.9 Å². The number of aldehydes is 1. The van der Waals surface area contributed by atoms with E-state index in [0.717, 1.165) is 29.8 Å². The molecule has 23 heavy (non-hydrogen) atoms. The second kappa shape index (κ2) is 7.79. The fraction of sp³-hybridized carbons (Fsp3) is 0.444. The third kappa shape index (κ3) is 4.24. The summed E-state index contributed by atoms with van der Waals surface area (Å²) in [6.07, 6.45) is 3.55. The number of hydrogen-bond acceptors (Lipinski definition) is 5. The van der Waals surface area contributed by atoms with Crippen LogP contribution in [0.5, 0.6) is 0 Å². The molecule has 1 aliphatic rings. The minimum absolute atomic E-state index is 0.493. The van der Waals surface area contributed by atoms with Crippen LogP contribution in [0.15, 0.2) is 28.7 Å². The number of carbonyl (C=O) groups excluding carboxylic acids is 1. The Balaban J connectivity index is 1.66. The first-order valence-corrected chi connectivity index (χ1v) is 9.21. The lowest BCUT2D eigenvalue weighted by Gasteiger charge is -2.14. The van der Waals surface area contributed by atoms with Gasteiger partial charge in [-0.15, -0.1) is 11.8 Å². The molecule has 1 aromatic carbocycles. The maximum Gasteiger partial charge on any atom is 0.226 e. The van der Waals surface area contributed by atoms with Gasteiger partial charge in [0.05, 0.1) is 5.69 Å². The molecule has 0 unspecified atom stereocenters. The van der Waals surface area contributed by atoms with Crippen LogP contribution in [0.2, 0.25) is 0 Å². The molecule has 0 bridgehead atoms. The zero-order chi connectivity index (χ0) is 16.1. The summed E-state index contributed by atoms with van der Waals surface area (Å²) in [5, 5.41) is 0. The quantitative estimate of drug-likeness (QED) is 0.572. The van der Waals surface area contributed by atoms with Gasteiger partial charge in [-0.3, -0.25) is 4.90 Å². The Morgan fingerprint density at radius 1 is 1.26 bits per heavy atom. The highest BCUT2D eigenvalue weighted by atomic mass is 32.2. The monoisotopic (exact) mass is 330 g/mol. The Hall–Kier alpha value is -1.59. The lowest BCUT2D eigenvalue weighted by atomic mass is 10.1. The lowest BCUT2D eigenvalue weighted by Crippen LogP contribution is -2.18. The van der Waals surface area contributed by atoms with Crippen molar-refractivity contribution in [3.63, 3.8) is 0 Å². The second-order valence-corrected chi connectivity index (χ2v) is 6.91. The van der Waals surface area contributed by atoms with Crippen molar-refractivity contribution < 1.29 is 9.21 Å². The molecule has 3 rings (SSSR count). The van der Waals surface area contributed by atoms with Gasteiger partial charge in [0.25, 0.3) is 0 Å². The summed E-state index contributed by atoms with van der Waals surface area (Å²) < 4.78 is 5.78. The molecule has 122 valence electrons. The fourth-order valence-electron chi connectivity index (χ4n) is 2.84. The van der Waals surface area contributed by atoms with Crippen LogP contribution in [-0.4, -0.2) is 35.0 Å². The first-order chi connectivity index (χ1) is 11.3. The Morgan fingerprint density at radius 2 is 2.00 bits per heavy atom. The molecule has 0 aliphatic carbocycles. The Labute approximate surface area is 141 Å². The fourth-order valence-corrected chi connectivity index (χ4v) is 3.52. The molecule has 0 saturated carbocycles. The van der Waals surface area contributed by atoms with E-state index in [1.807, 2.05) is 6.92 Å². The summed E-state index contributed by atoms with van der Waals surface area (Å²) >= 11 is 1.55. The Kier molecular flexibility index (Phi) is 5.51. The zero-order valence-electron chi connectivity index (χ0n) is 13.5. The molecule has 2 heterocycles. The minimum atomic E-state index is 0.493. The molecule has 0 radical (unpaired) electrons. The molecule has 1 aromatic heterocycles. The van der Waals surface area contributed by atoms with Crippen LogP contribution in [0.25, 0.3) is 11.5 Å². The molecule has 0 spiro atoms. The summed E-state index contributed by atoms with van der Waals surface area (Å²) in [6.45, 7) is 5.37. The maximum atomic E-state index is 10.4. The van der Waals surface area contributed by atoms with E-state index in [2.05, 4.69) is 34.1 Å². The number of thioether (sulfide) groups is 1. The molecular weight excluding hydrogens is 308 g/mol. The van der Waals surface area contributed by atoms with Crippen molar-refractivity contribution in [3.05, 3.63) is 41.3 Å². The molecule has 0 amide bonds. The number of carbonyl (C=O) groups is 1. The molecule has 1 saturated heterocycles. The number of aryl methyl sites for hydroxylation is 1. The average molecular weight is 330 g/mol. The number of benzene rings is 1. The van der Waals surface area contributed by atoms with Crippen LogP contribution < -0.4 is 0 Å². The van der Waals surface area contributed by atoms with Crippen LogP contribution in [0, 0.1) is 6.92 Å². The normalized spacial score (nSPS) is 15.2. The van der Waals surface area contributed by atoms with Crippen LogP contribution in [-0.2, 0) is 17.1 Å². The van der Waals surface area contributed by atoms with Crippen molar-refractivity contribution in [2.45, 2.75) is 32.1 Å².